The van der Waals surface area contributed by atoms with Crippen molar-refractivity contribution in [2.45, 2.75) is 20.3 Å². The van der Waals surface area contributed by atoms with Crippen molar-refractivity contribution in [2.75, 3.05) is 26.7 Å². The van der Waals surface area contributed by atoms with Crippen molar-refractivity contribution in [3.05, 3.63) is 34.2 Å². The van der Waals surface area contributed by atoms with Crippen LogP contribution in [0.1, 0.15) is 19.4 Å². The van der Waals surface area contributed by atoms with Crippen molar-refractivity contribution in [3.8, 4) is 0 Å². The highest BCUT2D eigenvalue weighted by Crippen LogP contribution is 2.13. The lowest BCUT2D eigenvalue weighted by atomic mass is 10.1. The highest BCUT2D eigenvalue weighted by atomic mass is 16.2. The number of imidazole rings is 1. The van der Waals surface area contributed by atoms with E-state index in [-0.39, 0.29) is 0 Å². The Morgan fingerprint density at radius 3 is 2.67 bits per heavy atom. The molecule has 2 rings (SSSR count). The fraction of sp³-hybridized carbons (Fsp3) is 0.467. The quantitative estimate of drug-likeness (QED) is 0.874. The number of aromatic amines is 1. The third kappa shape index (κ3) is 3.16. The lowest BCUT2D eigenvalue weighted by molar-refractivity contribution is 0.244. The first-order chi connectivity index (χ1) is 10.1. The zero-order chi connectivity index (χ0) is 15.4. The van der Waals surface area contributed by atoms with Crippen LogP contribution < -0.4 is 11.0 Å². The summed E-state index contributed by atoms with van der Waals surface area (Å²) >= 11 is 0. The summed E-state index contributed by atoms with van der Waals surface area (Å²) in [6.07, 6.45) is 0.894. The van der Waals surface area contributed by atoms with E-state index in [4.69, 9.17) is 0 Å². The minimum Gasteiger partial charge on any atom is -0.340 e. The minimum absolute atomic E-state index is 0.412. The predicted molar refractivity (Wildman–Crippen MR) is 83.9 cm³/mol. The highest BCUT2D eigenvalue weighted by Gasteiger charge is 2.13. The molecule has 2 N–H and O–H groups in total. The average Bonchev–Trinajstić information content (AvgIpc) is 2.82. The second-order valence-corrected chi connectivity index (χ2v) is 4.95. The molecule has 0 atom stereocenters. The van der Waals surface area contributed by atoms with Crippen LogP contribution in [-0.4, -0.2) is 47.2 Å². The van der Waals surface area contributed by atoms with Gasteiger partial charge in [-0.05, 0) is 37.2 Å². The van der Waals surface area contributed by atoms with Gasteiger partial charge in [-0.3, -0.25) is 0 Å². The number of amides is 1. The number of carbonyl (C=O) groups is 1. The normalized spacial score (nSPS) is 11.2. The van der Waals surface area contributed by atoms with E-state index >= 15 is 0 Å². The molecule has 2 aromatic rings. The number of hydrogen-bond donors (Lipinski definition) is 2. The minimum atomic E-state index is -0.424. The summed E-state index contributed by atoms with van der Waals surface area (Å²) in [7, 11) is 1.51. The maximum Gasteiger partial charge on any atom is 0.334 e. The third-order valence-electron chi connectivity index (χ3n) is 3.78. The fourth-order valence-electron chi connectivity index (χ4n) is 2.44. The number of likely N-dealkylation sites (N-methyl/N-ethyl adjacent to an activating group) is 1. The van der Waals surface area contributed by atoms with Crippen molar-refractivity contribution in [2.24, 2.45) is 0 Å². The third-order valence-corrected chi connectivity index (χ3v) is 3.78. The first kappa shape index (κ1) is 15.3. The summed E-state index contributed by atoms with van der Waals surface area (Å²) in [6.45, 7) is 7.29. The number of nitrogens with one attached hydrogen (secondary N) is 2. The molecule has 0 saturated carbocycles. The Bertz CT molecular complexity index is 683. The van der Waals surface area contributed by atoms with Gasteiger partial charge in [0.25, 0.3) is 0 Å². The zero-order valence-electron chi connectivity index (χ0n) is 12.8. The molecule has 1 aromatic heterocycles. The summed E-state index contributed by atoms with van der Waals surface area (Å²) in [5.41, 5.74) is 2.00. The summed E-state index contributed by atoms with van der Waals surface area (Å²) in [4.78, 5) is 28.7. The van der Waals surface area contributed by atoms with Gasteiger partial charge in [-0.25, -0.2) is 14.2 Å². The van der Waals surface area contributed by atoms with Crippen molar-refractivity contribution < 1.29 is 4.79 Å². The first-order valence-electron chi connectivity index (χ1n) is 7.28. The van der Waals surface area contributed by atoms with Crippen molar-refractivity contribution >= 4 is 17.1 Å². The van der Waals surface area contributed by atoms with Crippen LogP contribution in [0.5, 0.6) is 0 Å². The van der Waals surface area contributed by atoms with Gasteiger partial charge in [0.1, 0.15) is 0 Å². The van der Waals surface area contributed by atoms with Gasteiger partial charge >= 0.3 is 11.7 Å². The first-order valence-corrected chi connectivity index (χ1v) is 7.28. The fourth-order valence-corrected chi connectivity index (χ4v) is 2.44. The summed E-state index contributed by atoms with van der Waals surface area (Å²) < 4.78 is 1.14. The zero-order valence-corrected chi connectivity index (χ0v) is 12.8. The number of fused-ring (bicyclic) bond motifs is 1. The highest BCUT2D eigenvalue weighted by molar-refractivity contribution is 5.89. The Hall–Kier alpha value is -2.08. The Morgan fingerprint density at radius 1 is 1.33 bits per heavy atom. The van der Waals surface area contributed by atoms with Crippen LogP contribution >= 0.6 is 0 Å². The molecule has 0 aliphatic rings. The van der Waals surface area contributed by atoms with Gasteiger partial charge in [0.2, 0.25) is 0 Å². The summed E-state index contributed by atoms with van der Waals surface area (Å²) in [5.74, 6) is 0. The molecule has 0 bridgehead atoms. The Morgan fingerprint density at radius 2 is 2.05 bits per heavy atom. The summed E-state index contributed by atoms with van der Waals surface area (Å²) in [5, 5.41) is 2.48. The molecule has 0 saturated heterocycles. The lowest BCUT2D eigenvalue weighted by Crippen LogP contribution is -2.32. The van der Waals surface area contributed by atoms with E-state index in [1.54, 1.807) is 0 Å². The van der Waals surface area contributed by atoms with E-state index < -0.39 is 11.7 Å². The van der Waals surface area contributed by atoms with Crippen LogP contribution in [0.3, 0.4) is 0 Å². The van der Waals surface area contributed by atoms with E-state index in [1.807, 2.05) is 18.2 Å². The molecule has 0 fully saturated rings. The van der Waals surface area contributed by atoms with E-state index in [1.165, 1.54) is 7.05 Å². The van der Waals surface area contributed by atoms with Crippen LogP contribution in [0.25, 0.3) is 11.0 Å². The molecular weight excluding hydrogens is 268 g/mol. The van der Waals surface area contributed by atoms with Crippen LogP contribution in [0.15, 0.2) is 23.0 Å². The molecule has 114 valence electrons. The van der Waals surface area contributed by atoms with Crippen molar-refractivity contribution in [1.29, 1.82) is 0 Å². The number of aromatic nitrogens is 2. The van der Waals surface area contributed by atoms with Gasteiger partial charge in [-0.1, -0.05) is 19.9 Å². The standard InChI is InChI=1S/C15H22N4O2/c1-4-18(5-2)9-8-11-6-7-12-13(10-11)19(14(20)16-3)15(21)17-12/h6-7,10H,4-5,8-9H2,1-3H3,(H,16,20)(H,17,21). The topological polar surface area (TPSA) is 70.1 Å². The molecule has 1 amide bonds. The van der Waals surface area contributed by atoms with Crippen molar-refractivity contribution in [3.63, 3.8) is 0 Å². The van der Waals surface area contributed by atoms with E-state index in [0.717, 1.165) is 36.2 Å². The van der Waals surface area contributed by atoms with E-state index in [2.05, 4.69) is 29.0 Å². The lowest BCUT2D eigenvalue weighted by Gasteiger charge is -2.17. The van der Waals surface area contributed by atoms with Gasteiger partial charge in [-0.15, -0.1) is 0 Å². The van der Waals surface area contributed by atoms with Crippen LogP contribution in [0.4, 0.5) is 4.79 Å². The molecule has 0 aliphatic heterocycles. The molecule has 1 aromatic carbocycles. The number of nitrogens with zero attached hydrogens (tertiary/aromatic N) is 2. The molecule has 21 heavy (non-hydrogen) atoms. The second kappa shape index (κ2) is 6.58. The van der Waals surface area contributed by atoms with Crippen LogP contribution in [0.2, 0.25) is 0 Å². The SMILES string of the molecule is CCN(CC)CCc1ccc2[nH]c(=O)n(C(=O)NC)c2c1. The molecule has 0 aliphatic carbocycles. The smallest absolute Gasteiger partial charge is 0.334 e. The second-order valence-electron chi connectivity index (χ2n) is 4.95. The molecule has 0 radical (unpaired) electrons. The number of benzene rings is 1. The number of carbonyl (C=O) groups excluding carboxylic acids is 1. The molecular formula is C15H22N4O2. The molecule has 6 heteroatoms. The van der Waals surface area contributed by atoms with Gasteiger partial charge in [0.15, 0.2) is 0 Å². The number of rotatable bonds is 5. The Kier molecular flexibility index (Phi) is 4.80. The Labute approximate surface area is 123 Å². The number of H-pyrrole nitrogens is 1. The molecule has 0 unspecified atom stereocenters. The van der Waals surface area contributed by atoms with Crippen LogP contribution in [-0.2, 0) is 6.42 Å². The summed E-state index contributed by atoms with van der Waals surface area (Å²) in [6, 6.07) is 5.34. The molecule has 0 spiro atoms. The van der Waals surface area contributed by atoms with Gasteiger partial charge < -0.3 is 15.2 Å². The molecule has 1 heterocycles. The van der Waals surface area contributed by atoms with Gasteiger partial charge in [-0.2, -0.15) is 0 Å². The van der Waals surface area contributed by atoms with Crippen molar-refractivity contribution in [1.82, 2.24) is 19.8 Å². The molecule has 6 nitrogen and oxygen atoms in total. The maximum absolute atomic E-state index is 11.8. The monoisotopic (exact) mass is 290 g/mol. The largest absolute Gasteiger partial charge is 0.340 e. The van der Waals surface area contributed by atoms with E-state index in [9.17, 15) is 9.59 Å². The Balaban J connectivity index is 2.32. The average molecular weight is 290 g/mol. The van der Waals surface area contributed by atoms with Gasteiger partial charge in [0, 0.05) is 13.6 Å². The predicted octanol–water partition coefficient (Wildman–Crippen LogP) is 1.40. The van der Waals surface area contributed by atoms with Gasteiger partial charge in [0.05, 0.1) is 11.0 Å². The van der Waals surface area contributed by atoms with E-state index in [0.29, 0.717) is 11.0 Å². The number of hydrogen-bond acceptors (Lipinski definition) is 3. The maximum atomic E-state index is 11.8. The van der Waals surface area contributed by atoms with Crippen LogP contribution in [0, 0.1) is 0 Å².